The molecule has 0 radical (unpaired) electrons. The van der Waals surface area contributed by atoms with E-state index < -0.39 is 0 Å². The van der Waals surface area contributed by atoms with Gasteiger partial charge in [-0.2, -0.15) is 0 Å². The van der Waals surface area contributed by atoms with Gasteiger partial charge in [0.2, 0.25) is 0 Å². The van der Waals surface area contributed by atoms with E-state index in [2.05, 4.69) is 35.0 Å². The van der Waals surface area contributed by atoms with Crippen LogP contribution in [0.3, 0.4) is 0 Å². The maximum atomic E-state index is 5.01. The molecule has 0 saturated carbocycles. The fourth-order valence-electron chi connectivity index (χ4n) is 1.68. The standard InChI is InChI=1S/C13H17NOS/c1-15-8-3-2-7-14-12-4-5-13-11(10-12)6-9-16-13/h4-6,9-10,14H,2-3,7-8H2,1H3. The van der Waals surface area contributed by atoms with Crippen molar-refractivity contribution in [2.45, 2.75) is 12.8 Å². The highest BCUT2D eigenvalue weighted by Gasteiger charge is 1.96. The van der Waals surface area contributed by atoms with E-state index in [1.807, 2.05) is 0 Å². The molecule has 0 aliphatic rings. The molecule has 0 aliphatic carbocycles. The lowest BCUT2D eigenvalue weighted by Gasteiger charge is -2.06. The van der Waals surface area contributed by atoms with E-state index in [1.54, 1.807) is 18.4 Å². The van der Waals surface area contributed by atoms with E-state index in [-0.39, 0.29) is 0 Å². The number of methoxy groups -OCH3 is 1. The van der Waals surface area contributed by atoms with E-state index in [9.17, 15) is 0 Å². The molecule has 3 heteroatoms. The summed E-state index contributed by atoms with van der Waals surface area (Å²) in [6.07, 6.45) is 2.26. The number of benzene rings is 1. The van der Waals surface area contributed by atoms with Crippen molar-refractivity contribution in [3.8, 4) is 0 Å². The summed E-state index contributed by atoms with van der Waals surface area (Å²) >= 11 is 1.79. The lowest BCUT2D eigenvalue weighted by molar-refractivity contribution is 0.194. The maximum Gasteiger partial charge on any atom is 0.0462 e. The predicted molar refractivity (Wildman–Crippen MR) is 71.4 cm³/mol. The largest absolute Gasteiger partial charge is 0.385 e. The first-order valence-corrected chi connectivity index (χ1v) is 6.48. The van der Waals surface area contributed by atoms with Crippen LogP contribution in [0.2, 0.25) is 0 Å². The highest BCUT2D eigenvalue weighted by Crippen LogP contribution is 2.23. The molecule has 2 nitrogen and oxygen atoms in total. The van der Waals surface area contributed by atoms with Crippen molar-refractivity contribution in [1.82, 2.24) is 0 Å². The van der Waals surface area contributed by atoms with Gasteiger partial charge in [-0.25, -0.2) is 0 Å². The van der Waals surface area contributed by atoms with Gasteiger partial charge in [-0.1, -0.05) is 0 Å². The van der Waals surface area contributed by atoms with Crippen LogP contribution in [-0.4, -0.2) is 20.3 Å². The number of rotatable bonds is 6. The van der Waals surface area contributed by atoms with Crippen LogP contribution < -0.4 is 5.32 Å². The summed E-state index contributed by atoms with van der Waals surface area (Å²) in [6.45, 7) is 1.87. The van der Waals surface area contributed by atoms with Crippen molar-refractivity contribution in [3.63, 3.8) is 0 Å². The van der Waals surface area contributed by atoms with Gasteiger partial charge in [0.15, 0.2) is 0 Å². The Morgan fingerprint density at radius 1 is 1.25 bits per heavy atom. The smallest absolute Gasteiger partial charge is 0.0462 e. The van der Waals surface area contributed by atoms with Gasteiger partial charge in [0, 0.05) is 30.6 Å². The van der Waals surface area contributed by atoms with Crippen molar-refractivity contribution >= 4 is 27.1 Å². The molecule has 0 bridgehead atoms. The molecule has 1 aromatic heterocycles. The number of thiophene rings is 1. The molecule has 86 valence electrons. The molecular weight excluding hydrogens is 218 g/mol. The molecule has 0 amide bonds. The van der Waals surface area contributed by atoms with Gasteiger partial charge in [0.05, 0.1) is 0 Å². The zero-order valence-corrected chi connectivity index (χ0v) is 10.3. The van der Waals surface area contributed by atoms with Gasteiger partial charge in [-0.05, 0) is 47.9 Å². The molecule has 16 heavy (non-hydrogen) atoms. The highest BCUT2D eigenvalue weighted by molar-refractivity contribution is 7.17. The normalized spacial score (nSPS) is 10.8. The zero-order chi connectivity index (χ0) is 11.2. The molecule has 0 fully saturated rings. The molecule has 1 heterocycles. The Morgan fingerprint density at radius 2 is 2.19 bits per heavy atom. The van der Waals surface area contributed by atoms with Gasteiger partial charge in [0.1, 0.15) is 0 Å². The number of ether oxygens (including phenoxy) is 1. The third-order valence-electron chi connectivity index (χ3n) is 2.56. The summed E-state index contributed by atoms with van der Waals surface area (Å²) in [5.74, 6) is 0. The molecule has 0 saturated heterocycles. The lowest BCUT2D eigenvalue weighted by atomic mass is 10.2. The number of hydrogen-bond donors (Lipinski definition) is 1. The van der Waals surface area contributed by atoms with Gasteiger partial charge in [-0.15, -0.1) is 11.3 Å². The summed E-state index contributed by atoms with van der Waals surface area (Å²) in [5.41, 5.74) is 1.21. The van der Waals surface area contributed by atoms with Crippen LogP contribution >= 0.6 is 11.3 Å². The van der Waals surface area contributed by atoms with Crippen LogP contribution in [0.1, 0.15) is 12.8 Å². The first-order chi connectivity index (χ1) is 7.90. The molecule has 0 aliphatic heterocycles. The average molecular weight is 235 g/mol. The fraction of sp³-hybridized carbons (Fsp3) is 0.385. The first kappa shape index (κ1) is 11.4. The second-order valence-electron chi connectivity index (χ2n) is 3.80. The third-order valence-corrected chi connectivity index (χ3v) is 3.45. The van der Waals surface area contributed by atoms with Crippen molar-refractivity contribution in [2.24, 2.45) is 0 Å². The predicted octanol–water partition coefficient (Wildman–Crippen LogP) is 3.74. The third kappa shape index (κ3) is 2.97. The number of unbranched alkanes of at least 4 members (excludes halogenated alkanes) is 1. The SMILES string of the molecule is COCCCCNc1ccc2sccc2c1. The minimum Gasteiger partial charge on any atom is -0.385 e. The fourth-order valence-corrected chi connectivity index (χ4v) is 2.45. The molecular formula is C13H17NOS. The van der Waals surface area contributed by atoms with Crippen molar-refractivity contribution in [1.29, 1.82) is 0 Å². The van der Waals surface area contributed by atoms with Gasteiger partial charge in [-0.3, -0.25) is 0 Å². The molecule has 2 rings (SSSR count). The quantitative estimate of drug-likeness (QED) is 0.770. The molecule has 1 N–H and O–H groups in total. The van der Waals surface area contributed by atoms with Gasteiger partial charge >= 0.3 is 0 Å². The maximum absolute atomic E-state index is 5.01. The molecule has 0 unspecified atom stereocenters. The van der Waals surface area contributed by atoms with Crippen molar-refractivity contribution < 1.29 is 4.74 Å². The Hall–Kier alpha value is -1.06. The highest BCUT2D eigenvalue weighted by atomic mass is 32.1. The minimum atomic E-state index is 0.852. The lowest BCUT2D eigenvalue weighted by Crippen LogP contribution is -2.02. The van der Waals surface area contributed by atoms with Crippen LogP contribution in [0, 0.1) is 0 Å². The van der Waals surface area contributed by atoms with Crippen LogP contribution in [0.5, 0.6) is 0 Å². The molecule has 2 aromatic rings. The average Bonchev–Trinajstić information content (AvgIpc) is 2.76. The van der Waals surface area contributed by atoms with E-state index in [4.69, 9.17) is 4.74 Å². The number of hydrogen-bond acceptors (Lipinski definition) is 3. The number of fused-ring (bicyclic) bond motifs is 1. The number of nitrogens with one attached hydrogen (secondary N) is 1. The topological polar surface area (TPSA) is 21.3 Å². The molecule has 0 spiro atoms. The van der Waals surface area contributed by atoms with E-state index in [0.29, 0.717) is 0 Å². The van der Waals surface area contributed by atoms with E-state index >= 15 is 0 Å². The second-order valence-corrected chi connectivity index (χ2v) is 4.75. The Kier molecular flexibility index (Phi) is 4.19. The monoisotopic (exact) mass is 235 g/mol. The Balaban J connectivity index is 1.84. The Morgan fingerprint density at radius 3 is 3.06 bits per heavy atom. The Bertz CT molecular complexity index is 438. The molecule has 0 atom stereocenters. The Labute approximate surface area is 100 Å². The summed E-state index contributed by atoms with van der Waals surface area (Å²) in [4.78, 5) is 0. The van der Waals surface area contributed by atoms with Crippen molar-refractivity contribution in [2.75, 3.05) is 25.6 Å². The van der Waals surface area contributed by atoms with Crippen LogP contribution in [0.25, 0.3) is 10.1 Å². The summed E-state index contributed by atoms with van der Waals surface area (Å²) in [7, 11) is 1.75. The summed E-state index contributed by atoms with van der Waals surface area (Å²) in [5, 5.41) is 6.89. The van der Waals surface area contributed by atoms with Crippen LogP contribution in [-0.2, 0) is 4.74 Å². The van der Waals surface area contributed by atoms with Crippen LogP contribution in [0.15, 0.2) is 29.6 Å². The first-order valence-electron chi connectivity index (χ1n) is 5.60. The summed E-state index contributed by atoms with van der Waals surface area (Å²) in [6, 6.07) is 8.70. The van der Waals surface area contributed by atoms with Crippen molar-refractivity contribution in [3.05, 3.63) is 29.6 Å². The summed E-state index contributed by atoms with van der Waals surface area (Å²) < 4.78 is 6.37. The number of anilines is 1. The zero-order valence-electron chi connectivity index (χ0n) is 9.53. The van der Waals surface area contributed by atoms with Crippen LogP contribution in [0.4, 0.5) is 5.69 Å². The molecule has 1 aromatic carbocycles. The van der Waals surface area contributed by atoms with E-state index in [0.717, 1.165) is 26.0 Å². The minimum absolute atomic E-state index is 0.852. The second kappa shape index (κ2) is 5.87. The van der Waals surface area contributed by atoms with E-state index in [1.165, 1.54) is 15.8 Å². The van der Waals surface area contributed by atoms with Gasteiger partial charge in [0.25, 0.3) is 0 Å². The van der Waals surface area contributed by atoms with Gasteiger partial charge < -0.3 is 10.1 Å².